The predicted molar refractivity (Wildman–Crippen MR) is 139 cm³/mol. The van der Waals surface area contributed by atoms with E-state index in [0.717, 1.165) is 43.8 Å². The summed E-state index contributed by atoms with van der Waals surface area (Å²) < 4.78 is 8.34. The van der Waals surface area contributed by atoms with Crippen molar-refractivity contribution in [3.63, 3.8) is 0 Å². The number of rotatable bonds is 10. The van der Waals surface area contributed by atoms with Gasteiger partial charge in [-0.05, 0) is 63.5 Å². The zero-order chi connectivity index (χ0) is 24.7. The Hall–Kier alpha value is -3.12. The van der Waals surface area contributed by atoms with Crippen molar-refractivity contribution in [3.8, 4) is 5.75 Å². The SMILES string of the molecule is CC(C)n1nccc1CN1CCC(COc2ccccc2)(CC(=O)N(C)Cc2ccccc2)CC1. The lowest BCUT2D eigenvalue weighted by Crippen LogP contribution is -2.45. The highest BCUT2D eigenvalue weighted by Gasteiger charge is 2.38. The Morgan fingerprint density at radius 1 is 1.03 bits per heavy atom. The minimum absolute atomic E-state index is 0.174. The highest BCUT2D eigenvalue weighted by Crippen LogP contribution is 2.37. The summed E-state index contributed by atoms with van der Waals surface area (Å²) in [5, 5.41) is 4.49. The maximum absolute atomic E-state index is 13.3. The van der Waals surface area contributed by atoms with E-state index in [1.54, 1.807) is 0 Å². The minimum atomic E-state index is -0.174. The number of hydrogen-bond acceptors (Lipinski definition) is 4. The molecule has 1 aliphatic heterocycles. The smallest absolute Gasteiger partial charge is 0.223 e. The van der Waals surface area contributed by atoms with Gasteiger partial charge in [0.25, 0.3) is 0 Å². The van der Waals surface area contributed by atoms with Gasteiger partial charge in [-0.25, -0.2) is 0 Å². The molecule has 1 fully saturated rings. The summed E-state index contributed by atoms with van der Waals surface area (Å²) in [6.07, 6.45) is 4.25. The molecule has 0 atom stereocenters. The lowest BCUT2D eigenvalue weighted by Gasteiger charge is -2.42. The summed E-state index contributed by atoms with van der Waals surface area (Å²) in [6.45, 7) is 8.27. The quantitative estimate of drug-likeness (QED) is 0.407. The lowest BCUT2D eigenvalue weighted by atomic mass is 9.75. The average molecular weight is 475 g/mol. The average Bonchev–Trinajstić information content (AvgIpc) is 3.34. The van der Waals surface area contributed by atoms with Crippen LogP contribution in [0.15, 0.2) is 72.9 Å². The van der Waals surface area contributed by atoms with Crippen LogP contribution in [0.5, 0.6) is 5.75 Å². The summed E-state index contributed by atoms with van der Waals surface area (Å²) in [5.41, 5.74) is 2.22. The third-order valence-corrected chi connectivity index (χ3v) is 7.05. The van der Waals surface area contributed by atoms with Crippen molar-refractivity contribution in [2.45, 2.75) is 52.2 Å². The number of ether oxygens (including phenoxy) is 1. The molecule has 0 radical (unpaired) electrons. The molecule has 0 unspecified atom stereocenters. The summed E-state index contributed by atoms with van der Waals surface area (Å²) in [4.78, 5) is 17.7. The Bertz CT molecular complexity index is 1060. The van der Waals surface area contributed by atoms with Crippen molar-refractivity contribution in [3.05, 3.63) is 84.2 Å². The second-order valence-corrected chi connectivity index (χ2v) is 10.2. The van der Waals surface area contributed by atoms with E-state index in [0.29, 0.717) is 25.6 Å². The van der Waals surface area contributed by atoms with Crippen molar-refractivity contribution in [1.82, 2.24) is 19.6 Å². The number of carbonyl (C=O) groups is 1. The van der Waals surface area contributed by atoms with Crippen LogP contribution in [0.2, 0.25) is 0 Å². The zero-order valence-electron chi connectivity index (χ0n) is 21.3. The molecule has 1 aliphatic rings. The Morgan fingerprint density at radius 2 is 1.69 bits per heavy atom. The standard InChI is InChI=1S/C29H38N4O2/c1-24(2)33-26(14-17-30-33)22-32-18-15-29(16-19-32,23-35-27-12-8-5-9-13-27)20-28(34)31(3)21-25-10-6-4-7-11-25/h4-14,17,24H,15-16,18-23H2,1-3H3. The largest absolute Gasteiger partial charge is 0.493 e. The Labute approximate surface area is 209 Å². The predicted octanol–water partition coefficient (Wildman–Crippen LogP) is 5.17. The van der Waals surface area contributed by atoms with Crippen LogP contribution in [-0.4, -0.2) is 52.2 Å². The van der Waals surface area contributed by atoms with Crippen LogP contribution in [0, 0.1) is 5.41 Å². The Morgan fingerprint density at radius 3 is 2.34 bits per heavy atom. The molecule has 2 heterocycles. The van der Waals surface area contributed by atoms with Crippen LogP contribution >= 0.6 is 0 Å². The number of amides is 1. The number of aromatic nitrogens is 2. The van der Waals surface area contributed by atoms with Crippen molar-refractivity contribution in [1.29, 1.82) is 0 Å². The molecular weight excluding hydrogens is 436 g/mol. The molecule has 0 bridgehead atoms. The Balaban J connectivity index is 1.42. The number of benzene rings is 2. The first kappa shape index (κ1) is 25.0. The fourth-order valence-electron chi connectivity index (χ4n) is 4.87. The summed E-state index contributed by atoms with van der Waals surface area (Å²) in [6, 6.07) is 22.6. The highest BCUT2D eigenvalue weighted by atomic mass is 16.5. The number of likely N-dealkylation sites (tertiary alicyclic amines) is 1. The summed E-state index contributed by atoms with van der Waals surface area (Å²) >= 11 is 0. The van der Waals surface area contributed by atoms with Gasteiger partial charge in [-0.1, -0.05) is 48.5 Å². The van der Waals surface area contributed by atoms with E-state index in [-0.39, 0.29) is 11.3 Å². The van der Waals surface area contributed by atoms with Gasteiger partial charge in [0.05, 0.1) is 12.3 Å². The van der Waals surface area contributed by atoms with Gasteiger partial charge >= 0.3 is 0 Å². The van der Waals surface area contributed by atoms with Gasteiger partial charge < -0.3 is 9.64 Å². The molecule has 1 aromatic heterocycles. The van der Waals surface area contributed by atoms with Crippen molar-refractivity contribution < 1.29 is 9.53 Å². The molecule has 0 saturated carbocycles. The molecule has 186 valence electrons. The topological polar surface area (TPSA) is 50.6 Å². The van der Waals surface area contributed by atoms with E-state index in [9.17, 15) is 4.79 Å². The van der Waals surface area contributed by atoms with Crippen molar-refractivity contribution in [2.75, 3.05) is 26.7 Å². The summed E-state index contributed by atoms with van der Waals surface area (Å²) in [7, 11) is 1.91. The van der Waals surface area contributed by atoms with E-state index < -0.39 is 0 Å². The van der Waals surface area contributed by atoms with Gasteiger partial charge in [-0.15, -0.1) is 0 Å². The van der Waals surface area contributed by atoms with E-state index in [1.807, 2.05) is 66.7 Å². The molecule has 1 amide bonds. The summed E-state index contributed by atoms with van der Waals surface area (Å²) in [5.74, 6) is 1.04. The van der Waals surface area contributed by atoms with E-state index >= 15 is 0 Å². The number of nitrogens with zero attached hydrogens (tertiary/aromatic N) is 4. The van der Waals surface area contributed by atoms with Gasteiger partial charge in [-0.2, -0.15) is 5.10 Å². The number of piperidine rings is 1. The highest BCUT2D eigenvalue weighted by molar-refractivity contribution is 5.76. The molecule has 3 aromatic rings. The normalized spacial score (nSPS) is 15.8. The second-order valence-electron chi connectivity index (χ2n) is 10.2. The molecule has 35 heavy (non-hydrogen) atoms. The Kier molecular flexibility index (Phi) is 8.24. The third-order valence-electron chi connectivity index (χ3n) is 7.05. The van der Waals surface area contributed by atoms with Gasteiger partial charge in [0.1, 0.15) is 5.75 Å². The fourth-order valence-corrected chi connectivity index (χ4v) is 4.87. The molecule has 4 rings (SSSR count). The maximum Gasteiger partial charge on any atom is 0.223 e. The van der Waals surface area contributed by atoms with Crippen LogP contribution in [0.3, 0.4) is 0 Å². The van der Waals surface area contributed by atoms with Gasteiger partial charge in [0, 0.05) is 44.2 Å². The minimum Gasteiger partial charge on any atom is -0.493 e. The first-order chi connectivity index (χ1) is 16.9. The first-order valence-corrected chi connectivity index (χ1v) is 12.6. The number of hydrogen-bond donors (Lipinski definition) is 0. The van der Waals surface area contributed by atoms with Gasteiger partial charge in [0.15, 0.2) is 0 Å². The van der Waals surface area contributed by atoms with Crippen molar-refractivity contribution in [2.24, 2.45) is 5.41 Å². The van der Waals surface area contributed by atoms with E-state index in [2.05, 4.69) is 46.7 Å². The second kappa shape index (κ2) is 11.5. The maximum atomic E-state index is 13.3. The van der Waals surface area contributed by atoms with Crippen LogP contribution in [0.1, 0.15) is 50.4 Å². The molecule has 2 aromatic carbocycles. The van der Waals surface area contributed by atoms with Crippen LogP contribution in [0.25, 0.3) is 0 Å². The van der Waals surface area contributed by atoms with Crippen LogP contribution in [0.4, 0.5) is 0 Å². The fraction of sp³-hybridized carbons (Fsp3) is 0.448. The molecule has 1 saturated heterocycles. The van der Waals surface area contributed by atoms with E-state index in [1.165, 1.54) is 5.69 Å². The van der Waals surface area contributed by atoms with Crippen molar-refractivity contribution >= 4 is 5.91 Å². The number of para-hydroxylation sites is 1. The van der Waals surface area contributed by atoms with Crippen LogP contribution in [-0.2, 0) is 17.9 Å². The molecule has 0 aliphatic carbocycles. The van der Waals surface area contributed by atoms with E-state index in [4.69, 9.17) is 4.74 Å². The monoisotopic (exact) mass is 474 g/mol. The van der Waals surface area contributed by atoms with Gasteiger partial charge in [0.2, 0.25) is 5.91 Å². The molecular formula is C29H38N4O2. The molecule has 0 spiro atoms. The molecule has 6 heteroatoms. The van der Waals surface area contributed by atoms with Gasteiger partial charge in [-0.3, -0.25) is 14.4 Å². The zero-order valence-corrected chi connectivity index (χ0v) is 21.3. The molecule has 0 N–H and O–H groups in total. The molecule has 6 nitrogen and oxygen atoms in total. The third kappa shape index (κ3) is 6.73. The lowest BCUT2D eigenvalue weighted by molar-refractivity contribution is -0.134. The first-order valence-electron chi connectivity index (χ1n) is 12.6. The number of carbonyl (C=O) groups excluding carboxylic acids is 1. The van der Waals surface area contributed by atoms with Crippen LogP contribution < -0.4 is 4.74 Å².